The molecule has 1 amide bonds. The lowest BCUT2D eigenvalue weighted by Gasteiger charge is -2.14. The number of benzene rings is 2. The number of carbonyl (C=O) groups excluding carboxylic acids is 1. The molecular weight excluding hydrogens is 428 g/mol. The smallest absolute Gasteiger partial charge is 0.387 e. The minimum atomic E-state index is -2.97. The molecule has 1 fully saturated rings. The average Bonchev–Trinajstić information content (AvgIpc) is 3.50. The Bertz CT molecular complexity index is 1060. The van der Waals surface area contributed by atoms with Crippen LogP contribution in [0.3, 0.4) is 0 Å². The van der Waals surface area contributed by atoms with Crippen LogP contribution in [0.25, 0.3) is 11.1 Å². The van der Waals surface area contributed by atoms with E-state index in [1.54, 1.807) is 35.0 Å². The number of hydrogen-bond acceptors (Lipinski definition) is 7. The lowest BCUT2D eigenvalue weighted by molar-refractivity contribution is -0.113. The molecule has 3 aromatic rings. The number of carbonyl (C=O) groups is 1. The van der Waals surface area contributed by atoms with Crippen LogP contribution in [0.1, 0.15) is 18.9 Å². The third kappa shape index (κ3) is 5.29. The molecule has 0 unspecified atom stereocenters. The summed E-state index contributed by atoms with van der Waals surface area (Å²) in [5.41, 5.74) is 1.52. The molecule has 1 saturated carbocycles. The summed E-state index contributed by atoms with van der Waals surface area (Å²) < 4.78 is 37.2. The van der Waals surface area contributed by atoms with Crippen LogP contribution in [0.2, 0.25) is 0 Å². The van der Waals surface area contributed by atoms with E-state index in [0.29, 0.717) is 33.8 Å². The molecule has 11 heteroatoms. The largest absolute Gasteiger partial charge is 0.497 e. The first kappa shape index (κ1) is 21.0. The minimum Gasteiger partial charge on any atom is -0.497 e. The molecule has 0 bridgehead atoms. The second-order valence-corrected chi connectivity index (χ2v) is 7.73. The van der Waals surface area contributed by atoms with Crippen LogP contribution in [0.5, 0.6) is 11.5 Å². The molecule has 0 saturated heterocycles. The standard InChI is InChI=1S/C20H19F2N5O3S/c1-29-15-7-2-12(3-8-15)16-10-13(4-9-17(16)30-19(21)22)23-18(28)11-31-20-24-25-26-27(20)14-5-6-14/h2-4,7-10,14,19H,5-6,11H2,1H3,(H,23,28). The van der Waals surface area contributed by atoms with E-state index in [1.807, 2.05) is 0 Å². The molecule has 1 heterocycles. The number of methoxy groups -OCH3 is 1. The fourth-order valence-electron chi connectivity index (χ4n) is 2.96. The number of halogens is 2. The Morgan fingerprint density at radius 3 is 2.71 bits per heavy atom. The summed E-state index contributed by atoms with van der Waals surface area (Å²) in [5.74, 6) is 0.491. The quantitative estimate of drug-likeness (QED) is 0.496. The van der Waals surface area contributed by atoms with E-state index in [1.165, 1.54) is 31.0 Å². The van der Waals surface area contributed by atoms with Gasteiger partial charge in [0.1, 0.15) is 11.5 Å². The van der Waals surface area contributed by atoms with Crippen molar-refractivity contribution in [3.63, 3.8) is 0 Å². The molecular formula is C20H19F2N5O3S. The van der Waals surface area contributed by atoms with Crippen molar-refractivity contribution in [3.05, 3.63) is 42.5 Å². The molecule has 1 aliphatic carbocycles. The summed E-state index contributed by atoms with van der Waals surface area (Å²) in [4.78, 5) is 12.4. The maximum absolute atomic E-state index is 12.8. The number of anilines is 1. The second-order valence-electron chi connectivity index (χ2n) is 6.79. The molecule has 1 N–H and O–H groups in total. The van der Waals surface area contributed by atoms with E-state index in [-0.39, 0.29) is 17.4 Å². The summed E-state index contributed by atoms with van der Waals surface area (Å²) in [6, 6.07) is 11.7. The first-order valence-electron chi connectivity index (χ1n) is 9.47. The van der Waals surface area contributed by atoms with Crippen LogP contribution >= 0.6 is 11.8 Å². The van der Waals surface area contributed by atoms with Crippen LogP contribution < -0.4 is 14.8 Å². The first-order chi connectivity index (χ1) is 15.0. The highest BCUT2D eigenvalue weighted by Crippen LogP contribution is 2.37. The zero-order valence-corrected chi connectivity index (χ0v) is 17.3. The normalized spacial score (nSPS) is 13.3. The van der Waals surface area contributed by atoms with Crippen molar-refractivity contribution in [1.82, 2.24) is 20.2 Å². The van der Waals surface area contributed by atoms with E-state index in [0.717, 1.165) is 12.8 Å². The number of amides is 1. The van der Waals surface area contributed by atoms with Gasteiger partial charge in [-0.2, -0.15) is 8.78 Å². The highest BCUT2D eigenvalue weighted by atomic mass is 32.2. The fraction of sp³-hybridized carbons (Fsp3) is 0.300. The first-order valence-corrected chi connectivity index (χ1v) is 10.5. The van der Waals surface area contributed by atoms with Gasteiger partial charge in [0.05, 0.1) is 18.9 Å². The Balaban J connectivity index is 1.48. The number of alkyl halides is 2. The lowest BCUT2D eigenvalue weighted by atomic mass is 10.0. The van der Waals surface area contributed by atoms with Gasteiger partial charge in [0.15, 0.2) is 0 Å². The molecule has 0 spiro atoms. The number of thioether (sulfide) groups is 1. The Kier molecular flexibility index (Phi) is 6.31. The molecule has 162 valence electrons. The molecule has 0 atom stereocenters. The molecule has 1 aromatic heterocycles. The third-order valence-electron chi connectivity index (χ3n) is 4.57. The number of nitrogens with zero attached hydrogens (tertiary/aromatic N) is 4. The molecule has 31 heavy (non-hydrogen) atoms. The van der Waals surface area contributed by atoms with Gasteiger partial charge in [-0.05, 0) is 59.2 Å². The Labute approximate surface area is 180 Å². The number of aromatic nitrogens is 4. The predicted molar refractivity (Wildman–Crippen MR) is 111 cm³/mol. The highest BCUT2D eigenvalue weighted by Gasteiger charge is 2.28. The van der Waals surface area contributed by atoms with Gasteiger partial charge in [0, 0.05) is 11.3 Å². The molecule has 0 radical (unpaired) electrons. The van der Waals surface area contributed by atoms with E-state index >= 15 is 0 Å². The van der Waals surface area contributed by atoms with Gasteiger partial charge in [-0.1, -0.05) is 23.9 Å². The molecule has 4 rings (SSSR count). The van der Waals surface area contributed by atoms with Crippen molar-refractivity contribution in [2.75, 3.05) is 18.2 Å². The van der Waals surface area contributed by atoms with Gasteiger partial charge >= 0.3 is 6.61 Å². The Hall–Kier alpha value is -3.21. The van der Waals surface area contributed by atoms with Crippen molar-refractivity contribution in [2.24, 2.45) is 0 Å². The van der Waals surface area contributed by atoms with Crippen molar-refractivity contribution < 1.29 is 23.0 Å². The van der Waals surface area contributed by atoms with Gasteiger partial charge in [-0.3, -0.25) is 4.79 Å². The third-order valence-corrected chi connectivity index (χ3v) is 5.50. The van der Waals surface area contributed by atoms with Gasteiger partial charge in [-0.15, -0.1) is 5.10 Å². The average molecular weight is 447 g/mol. The topological polar surface area (TPSA) is 91.2 Å². The van der Waals surface area contributed by atoms with Gasteiger partial charge in [-0.25, -0.2) is 4.68 Å². The molecule has 2 aromatic carbocycles. The zero-order chi connectivity index (χ0) is 21.8. The maximum Gasteiger partial charge on any atom is 0.387 e. The van der Waals surface area contributed by atoms with Crippen molar-refractivity contribution in [1.29, 1.82) is 0 Å². The van der Waals surface area contributed by atoms with Gasteiger partial charge in [0.2, 0.25) is 11.1 Å². The number of nitrogens with one attached hydrogen (secondary N) is 1. The number of tetrazole rings is 1. The highest BCUT2D eigenvalue weighted by molar-refractivity contribution is 7.99. The summed E-state index contributed by atoms with van der Waals surface area (Å²) in [5, 5.41) is 14.9. The van der Waals surface area contributed by atoms with E-state index in [4.69, 9.17) is 4.74 Å². The monoisotopic (exact) mass is 447 g/mol. The van der Waals surface area contributed by atoms with Crippen LogP contribution in [0.4, 0.5) is 14.5 Å². The summed E-state index contributed by atoms with van der Waals surface area (Å²) in [6.45, 7) is -2.97. The number of rotatable bonds is 9. The predicted octanol–water partition coefficient (Wildman–Crippen LogP) is 4.02. The Morgan fingerprint density at radius 2 is 2.03 bits per heavy atom. The van der Waals surface area contributed by atoms with Crippen LogP contribution in [-0.4, -0.2) is 45.6 Å². The van der Waals surface area contributed by atoms with Crippen molar-refractivity contribution in [3.8, 4) is 22.6 Å². The summed E-state index contributed by atoms with van der Waals surface area (Å²) in [7, 11) is 1.54. The van der Waals surface area contributed by atoms with E-state index < -0.39 is 6.61 Å². The molecule has 1 aliphatic rings. The van der Waals surface area contributed by atoms with E-state index in [2.05, 4.69) is 25.6 Å². The van der Waals surface area contributed by atoms with E-state index in [9.17, 15) is 13.6 Å². The minimum absolute atomic E-state index is 0.0103. The second kappa shape index (κ2) is 9.29. The maximum atomic E-state index is 12.8. The SMILES string of the molecule is COc1ccc(-c2cc(NC(=O)CSc3nnnn3C3CC3)ccc2OC(F)F)cc1. The lowest BCUT2D eigenvalue weighted by Crippen LogP contribution is -2.15. The van der Waals surface area contributed by atoms with Crippen molar-refractivity contribution in [2.45, 2.75) is 30.7 Å². The van der Waals surface area contributed by atoms with Gasteiger partial charge < -0.3 is 14.8 Å². The number of hydrogen-bond donors (Lipinski definition) is 1. The summed E-state index contributed by atoms with van der Waals surface area (Å²) >= 11 is 1.24. The molecule has 8 nitrogen and oxygen atoms in total. The Morgan fingerprint density at radius 1 is 1.26 bits per heavy atom. The van der Waals surface area contributed by atoms with Gasteiger partial charge in [0.25, 0.3) is 0 Å². The summed E-state index contributed by atoms with van der Waals surface area (Å²) in [6.07, 6.45) is 2.07. The molecule has 0 aliphatic heterocycles. The van der Waals surface area contributed by atoms with Crippen LogP contribution in [0, 0.1) is 0 Å². The zero-order valence-electron chi connectivity index (χ0n) is 16.5. The van der Waals surface area contributed by atoms with Crippen LogP contribution in [-0.2, 0) is 4.79 Å². The number of ether oxygens (including phenoxy) is 2. The fourth-order valence-corrected chi connectivity index (χ4v) is 3.70. The van der Waals surface area contributed by atoms with Crippen molar-refractivity contribution >= 4 is 23.4 Å². The van der Waals surface area contributed by atoms with Crippen LogP contribution in [0.15, 0.2) is 47.6 Å².